The summed E-state index contributed by atoms with van der Waals surface area (Å²) in [5.74, 6) is 1.27. The monoisotopic (exact) mass is 360 g/mol. The lowest BCUT2D eigenvalue weighted by atomic mass is 10.1. The lowest BCUT2D eigenvalue weighted by Crippen LogP contribution is -2.15. The average Bonchev–Trinajstić information content (AvgIpc) is 3.36. The molecule has 134 valence electrons. The lowest BCUT2D eigenvalue weighted by molar-refractivity contribution is -0.115. The summed E-state index contributed by atoms with van der Waals surface area (Å²) in [4.78, 5) is 20.7. The quantitative estimate of drug-likeness (QED) is 0.566. The van der Waals surface area contributed by atoms with Crippen LogP contribution >= 0.6 is 0 Å². The molecule has 0 radical (unpaired) electrons. The standard InChI is InChI=1S/C20H16N4O3/c25-18(11-14-5-3-9-21-13-14)22-16-7-2-1-6-15(16)12-19-23-20(24-27-19)17-8-4-10-26-17/h1-10,13H,11-12H2,(H,22,25). The zero-order valence-corrected chi connectivity index (χ0v) is 14.3. The maximum Gasteiger partial charge on any atom is 0.238 e. The van der Waals surface area contributed by atoms with Crippen molar-refractivity contribution in [3.8, 4) is 11.6 Å². The highest BCUT2D eigenvalue weighted by molar-refractivity contribution is 5.93. The van der Waals surface area contributed by atoms with Crippen molar-refractivity contribution < 1.29 is 13.7 Å². The van der Waals surface area contributed by atoms with Crippen LogP contribution in [0.1, 0.15) is 17.0 Å². The second-order valence-electron chi connectivity index (χ2n) is 5.91. The van der Waals surface area contributed by atoms with E-state index in [2.05, 4.69) is 20.4 Å². The number of carbonyl (C=O) groups excluding carboxylic acids is 1. The maximum absolute atomic E-state index is 12.3. The largest absolute Gasteiger partial charge is 0.461 e. The first-order valence-electron chi connectivity index (χ1n) is 8.41. The van der Waals surface area contributed by atoms with Crippen molar-refractivity contribution in [3.05, 3.63) is 84.2 Å². The molecule has 7 heteroatoms. The average molecular weight is 360 g/mol. The second kappa shape index (κ2) is 7.65. The van der Waals surface area contributed by atoms with E-state index in [0.717, 1.165) is 11.1 Å². The van der Waals surface area contributed by atoms with Gasteiger partial charge in [0.2, 0.25) is 17.6 Å². The van der Waals surface area contributed by atoms with Gasteiger partial charge in [0, 0.05) is 18.1 Å². The summed E-state index contributed by atoms with van der Waals surface area (Å²) in [7, 11) is 0. The van der Waals surface area contributed by atoms with Gasteiger partial charge in [-0.3, -0.25) is 9.78 Å². The highest BCUT2D eigenvalue weighted by Crippen LogP contribution is 2.21. The van der Waals surface area contributed by atoms with E-state index in [1.165, 1.54) is 0 Å². The van der Waals surface area contributed by atoms with Crippen LogP contribution in [0, 0.1) is 0 Å². The van der Waals surface area contributed by atoms with Crippen LogP contribution in [-0.4, -0.2) is 21.0 Å². The molecule has 1 aromatic carbocycles. The molecule has 0 spiro atoms. The van der Waals surface area contributed by atoms with E-state index in [4.69, 9.17) is 8.94 Å². The number of para-hydroxylation sites is 1. The molecule has 4 aromatic rings. The van der Waals surface area contributed by atoms with Gasteiger partial charge in [-0.1, -0.05) is 29.4 Å². The molecule has 3 aromatic heterocycles. The normalized spacial score (nSPS) is 10.7. The van der Waals surface area contributed by atoms with Crippen molar-refractivity contribution in [1.29, 1.82) is 0 Å². The Morgan fingerprint density at radius 1 is 1.07 bits per heavy atom. The summed E-state index contributed by atoms with van der Waals surface area (Å²) < 4.78 is 10.6. The number of hydrogen-bond donors (Lipinski definition) is 1. The molecule has 3 heterocycles. The Morgan fingerprint density at radius 2 is 2.00 bits per heavy atom. The Balaban J connectivity index is 1.47. The predicted molar refractivity (Wildman–Crippen MR) is 97.8 cm³/mol. The van der Waals surface area contributed by atoms with Crippen LogP contribution in [0.2, 0.25) is 0 Å². The first-order chi connectivity index (χ1) is 13.3. The SMILES string of the molecule is O=C(Cc1cccnc1)Nc1ccccc1Cc1nc(-c2ccco2)no1. The molecule has 0 unspecified atom stereocenters. The summed E-state index contributed by atoms with van der Waals surface area (Å²) in [5, 5.41) is 6.87. The Morgan fingerprint density at radius 3 is 2.81 bits per heavy atom. The van der Waals surface area contributed by atoms with E-state index in [1.54, 1.807) is 30.8 Å². The highest BCUT2D eigenvalue weighted by Gasteiger charge is 2.14. The minimum absolute atomic E-state index is 0.114. The Labute approximate surface area is 155 Å². The van der Waals surface area contributed by atoms with Crippen LogP contribution in [0.3, 0.4) is 0 Å². The molecule has 27 heavy (non-hydrogen) atoms. The van der Waals surface area contributed by atoms with Gasteiger partial charge in [0.05, 0.1) is 19.1 Å². The van der Waals surface area contributed by atoms with Crippen molar-refractivity contribution >= 4 is 11.6 Å². The summed E-state index contributed by atoms with van der Waals surface area (Å²) in [6.07, 6.45) is 5.57. The molecule has 0 saturated carbocycles. The van der Waals surface area contributed by atoms with Gasteiger partial charge in [-0.2, -0.15) is 4.98 Å². The van der Waals surface area contributed by atoms with Crippen molar-refractivity contribution in [1.82, 2.24) is 15.1 Å². The fourth-order valence-corrected chi connectivity index (χ4v) is 2.67. The third-order valence-electron chi connectivity index (χ3n) is 3.93. The lowest BCUT2D eigenvalue weighted by Gasteiger charge is -2.09. The summed E-state index contributed by atoms with van der Waals surface area (Å²) >= 11 is 0. The molecular weight excluding hydrogens is 344 g/mol. The van der Waals surface area contributed by atoms with Crippen LogP contribution in [0.5, 0.6) is 0 Å². The van der Waals surface area contributed by atoms with Gasteiger partial charge in [-0.15, -0.1) is 0 Å². The van der Waals surface area contributed by atoms with E-state index in [0.29, 0.717) is 29.6 Å². The zero-order chi connectivity index (χ0) is 18.5. The van der Waals surface area contributed by atoms with Gasteiger partial charge in [0.25, 0.3) is 0 Å². The molecule has 0 saturated heterocycles. The van der Waals surface area contributed by atoms with Gasteiger partial charge < -0.3 is 14.3 Å². The third-order valence-corrected chi connectivity index (χ3v) is 3.93. The molecule has 0 bridgehead atoms. The molecule has 4 rings (SSSR count). The van der Waals surface area contributed by atoms with Gasteiger partial charge in [0.1, 0.15) is 0 Å². The molecule has 0 aliphatic rings. The van der Waals surface area contributed by atoms with E-state index >= 15 is 0 Å². The number of aromatic nitrogens is 3. The van der Waals surface area contributed by atoms with E-state index in [-0.39, 0.29) is 12.3 Å². The van der Waals surface area contributed by atoms with E-state index in [1.807, 2.05) is 36.4 Å². The molecule has 0 aliphatic carbocycles. The molecule has 1 N–H and O–H groups in total. The number of furan rings is 1. The second-order valence-corrected chi connectivity index (χ2v) is 5.91. The summed E-state index contributed by atoms with van der Waals surface area (Å²) in [6.45, 7) is 0. The minimum atomic E-state index is -0.114. The molecule has 0 atom stereocenters. The number of benzene rings is 1. The number of rotatable bonds is 6. The van der Waals surface area contributed by atoms with Crippen molar-refractivity contribution in [2.75, 3.05) is 5.32 Å². The maximum atomic E-state index is 12.3. The first kappa shape index (κ1) is 16.7. The summed E-state index contributed by atoms with van der Waals surface area (Å²) in [6, 6.07) is 14.7. The number of amides is 1. The Kier molecular flexibility index (Phi) is 4.74. The van der Waals surface area contributed by atoms with Crippen LogP contribution in [0.15, 0.2) is 76.1 Å². The minimum Gasteiger partial charge on any atom is -0.461 e. The number of hydrogen-bond acceptors (Lipinski definition) is 6. The van der Waals surface area contributed by atoms with Gasteiger partial charge >= 0.3 is 0 Å². The molecule has 0 aliphatic heterocycles. The Hall–Kier alpha value is -3.74. The van der Waals surface area contributed by atoms with Crippen molar-refractivity contribution in [2.24, 2.45) is 0 Å². The number of carbonyl (C=O) groups is 1. The molecule has 7 nitrogen and oxygen atoms in total. The van der Waals surface area contributed by atoms with Crippen LogP contribution in [0.25, 0.3) is 11.6 Å². The summed E-state index contributed by atoms with van der Waals surface area (Å²) in [5.41, 5.74) is 2.45. The van der Waals surface area contributed by atoms with Crippen molar-refractivity contribution in [2.45, 2.75) is 12.8 Å². The van der Waals surface area contributed by atoms with Crippen LogP contribution in [0.4, 0.5) is 5.69 Å². The van der Waals surface area contributed by atoms with Gasteiger partial charge in [0.15, 0.2) is 5.76 Å². The topological polar surface area (TPSA) is 94.1 Å². The molecule has 1 amide bonds. The van der Waals surface area contributed by atoms with Gasteiger partial charge in [-0.25, -0.2) is 0 Å². The first-order valence-corrected chi connectivity index (χ1v) is 8.41. The van der Waals surface area contributed by atoms with Gasteiger partial charge in [-0.05, 0) is 35.4 Å². The van der Waals surface area contributed by atoms with E-state index in [9.17, 15) is 4.79 Å². The number of nitrogens with one attached hydrogen (secondary N) is 1. The smallest absolute Gasteiger partial charge is 0.238 e. The molecule has 0 fully saturated rings. The Bertz CT molecular complexity index is 1030. The van der Waals surface area contributed by atoms with Crippen molar-refractivity contribution in [3.63, 3.8) is 0 Å². The number of anilines is 1. The fraction of sp³-hybridized carbons (Fsp3) is 0.100. The van der Waals surface area contributed by atoms with Crippen LogP contribution < -0.4 is 5.32 Å². The predicted octanol–water partition coefficient (Wildman–Crippen LogP) is 3.50. The number of pyridine rings is 1. The number of nitrogens with zero attached hydrogens (tertiary/aromatic N) is 3. The van der Waals surface area contributed by atoms with Crippen LogP contribution in [-0.2, 0) is 17.6 Å². The zero-order valence-electron chi connectivity index (χ0n) is 14.3. The molecular formula is C20H16N4O3. The third kappa shape index (κ3) is 4.09. The highest BCUT2D eigenvalue weighted by atomic mass is 16.5. The fourth-order valence-electron chi connectivity index (χ4n) is 2.67. The van der Waals surface area contributed by atoms with E-state index < -0.39 is 0 Å².